The minimum Gasteiger partial charge on any atom is -0.312 e. The number of likely N-dealkylation sites (tertiary alicyclic amines) is 1. The molecule has 2 heteroatoms. The van der Waals surface area contributed by atoms with Crippen LogP contribution in [-0.2, 0) is 6.54 Å². The number of benzene rings is 1. The van der Waals surface area contributed by atoms with E-state index in [9.17, 15) is 0 Å². The van der Waals surface area contributed by atoms with Gasteiger partial charge in [-0.25, -0.2) is 0 Å². The molecule has 0 bridgehead atoms. The Labute approximate surface area is 123 Å². The smallest absolute Gasteiger partial charge is 0.0208 e. The lowest BCUT2D eigenvalue weighted by Gasteiger charge is -2.31. The summed E-state index contributed by atoms with van der Waals surface area (Å²) in [7, 11) is 0. The summed E-state index contributed by atoms with van der Waals surface area (Å²) in [5, 5.41) is 3.59. The first-order chi connectivity index (χ1) is 9.64. The molecule has 0 spiro atoms. The van der Waals surface area contributed by atoms with E-state index in [0.29, 0.717) is 11.3 Å². The molecule has 1 unspecified atom stereocenters. The van der Waals surface area contributed by atoms with Gasteiger partial charge >= 0.3 is 0 Å². The molecular weight excluding hydrogens is 244 g/mol. The van der Waals surface area contributed by atoms with Crippen molar-refractivity contribution in [2.75, 3.05) is 26.2 Å². The van der Waals surface area contributed by atoms with E-state index in [1.807, 2.05) is 0 Å². The fourth-order valence-electron chi connectivity index (χ4n) is 3.72. The van der Waals surface area contributed by atoms with Gasteiger partial charge in [0.25, 0.3) is 0 Å². The van der Waals surface area contributed by atoms with Crippen molar-refractivity contribution in [1.29, 1.82) is 0 Å². The van der Waals surface area contributed by atoms with E-state index in [-0.39, 0.29) is 0 Å². The Kier molecular flexibility index (Phi) is 4.13. The van der Waals surface area contributed by atoms with Gasteiger partial charge in [-0.2, -0.15) is 0 Å². The van der Waals surface area contributed by atoms with Crippen molar-refractivity contribution in [2.45, 2.75) is 45.6 Å². The number of nitrogens with zero attached hydrogens (tertiary/aromatic N) is 1. The molecule has 0 radical (unpaired) electrons. The summed E-state index contributed by atoms with van der Waals surface area (Å²) in [6, 6.07) is 8.97. The molecule has 0 amide bonds. The first-order valence-electron chi connectivity index (χ1n) is 8.15. The Morgan fingerprint density at radius 3 is 2.95 bits per heavy atom. The van der Waals surface area contributed by atoms with E-state index in [4.69, 9.17) is 0 Å². The molecule has 3 rings (SSSR count). The van der Waals surface area contributed by atoms with Crippen LogP contribution in [0.25, 0.3) is 0 Å². The van der Waals surface area contributed by atoms with E-state index in [1.165, 1.54) is 44.5 Å². The van der Waals surface area contributed by atoms with Crippen molar-refractivity contribution in [1.82, 2.24) is 10.2 Å². The third kappa shape index (κ3) is 3.24. The van der Waals surface area contributed by atoms with Crippen LogP contribution in [0.2, 0.25) is 0 Å². The van der Waals surface area contributed by atoms with Gasteiger partial charge in [0.05, 0.1) is 0 Å². The number of fused-ring (bicyclic) bond motifs is 1. The van der Waals surface area contributed by atoms with Gasteiger partial charge in [-0.05, 0) is 48.9 Å². The minimum absolute atomic E-state index is 0.539. The fraction of sp³-hybridized carbons (Fsp3) is 0.667. The maximum atomic E-state index is 3.59. The first-order valence-corrected chi connectivity index (χ1v) is 8.15. The van der Waals surface area contributed by atoms with Crippen LogP contribution in [0.4, 0.5) is 0 Å². The lowest BCUT2D eigenvalue weighted by Crippen LogP contribution is -2.37. The summed E-state index contributed by atoms with van der Waals surface area (Å²) in [5.74, 6) is 0.668. The third-order valence-electron chi connectivity index (χ3n) is 5.11. The first kappa shape index (κ1) is 14.1. The molecule has 2 heterocycles. The summed E-state index contributed by atoms with van der Waals surface area (Å²) in [5.41, 5.74) is 3.62. The number of rotatable bonds is 2. The zero-order chi connectivity index (χ0) is 14.0. The highest BCUT2D eigenvalue weighted by Gasteiger charge is 2.26. The predicted molar refractivity (Wildman–Crippen MR) is 85.0 cm³/mol. The van der Waals surface area contributed by atoms with E-state index in [1.54, 1.807) is 5.56 Å². The molecule has 0 aliphatic carbocycles. The molecule has 2 nitrogen and oxygen atoms in total. The summed E-state index contributed by atoms with van der Waals surface area (Å²) in [6.07, 6.45) is 4.08. The fourth-order valence-corrected chi connectivity index (χ4v) is 3.72. The molecule has 1 atom stereocenters. The highest BCUT2D eigenvalue weighted by Crippen LogP contribution is 2.31. The molecule has 1 N–H and O–H groups in total. The molecule has 0 saturated carbocycles. The maximum absolute atomic E-state index is 3.59. The summed E-state index contributed by atoms with van der Waals surface area (Å²) in [6.45, 7) is 10.8. The van der Waals surface area contributed by atoms with Crippen LogP contribution in [0, 0.1) is 5.41 Å². The van der Waals surface area contributed by atoms with Crippen LogP contribution in [0.3, 0.4) is 0 Å². The molecule has 1 saturated heterocycles. The van der Waals surface area contributed by atoms with E-state index >= 15 is 0 Å². The van der Waals surface area contributed by atoms with Crippen LogP contribution in [0.5, 0.6) is 0 Å². The second kappa shape index (κ2) is 5.87. The van der Waals surface area contributed by atoms with Gasteiger partial charge < -0.3 is 10.2 Å². The molecular formula is C18H28N2. The second-order valence-electron chi connectivity index (χ2n) is 7.35. The summed E-state index contributed by atoms with van der Waals surface area (Å²) >= 11 is 0. The largest absolute Gasteiger partial charge is 0.312 e. The lowest BCUT2D eigenvalue weighted by atomic mass is 9.85. The quantitative estimate of drug-likeness (QED) is 0.888. The van der Waals surface area contributed by atoms with Crippen LogP contribution in [0.15, 0.2) is 24.3 Å². The average Bonchev–Trinajstić information content (AvgIpc) is 2.61. The Balaban J connectivity index is 1.67. The van der Waals surface area contributed by atoms with Crippen molar-refractivity contribution < 1.29 is 0 Å². The molecule has 1 aromatic carbocycles. The van der Waals surface area contributed by atoms with Gasteiger partial charge in [0, 0.05) is 25.6 Å². The van der Waals surface area contributed by atoms with Crippen molar-refractivity contribution in [3.8, 4) is 0 Å². The summed E-state index contributed by atoms with van der Waals surface area (Å²) in [4.78, 5) is 2.70. The van der Waals surface area contributed by atoms with Gasteiger partial charge in [-0.15, -0.1) is 0 Å². The zero-order valence-corrected chi connectivity index (χ0v) is 13.0. The zero-order valence-electron chi connectivity index (χ0n) is 13.0. The highest BCUT2D eigenvalue weighted by atomic mass is 15.1. The van der Waals surface area contributed by atoms with Crippen LogP contribution >= 0.6 is 0 Å². The Bertz CT molecular complexity index is 452. The van der Waals surface area contributed by atoms with Gasteiger partial charge in [0.1, 0.15) is 0 Å². The van der Waals surface area contributed by atoms with Gasteiger partial charge in [0.2, 0.25) is 0 Å². The van der Waals surface area contributed by atoms with Crippen molar-refractivity contribution in [2.24, 2.45) is 5.41 Å². The molecule has 2 aliphatic heterocycles. The second-order valence-corrected chi connectivity index (χ2v) is 7.35. The number of hydrogen-bond donors (Lipinski definition) is 1. The average molecular weight is 272 g/mol. The Hall–Kier alpha value is -0.860. The monoisotopic (exact) mass is 272 g/mol. The van der Waals surface area contributed by atoms with Crippen molar-refractivity contribution in [3.05, 3.63) is 35.4 Å². The molecule has 1 aromatic rings. The van der Waals surface area contributed by atoms with Crippen LogP contribution in [0.1, 0.15) is 50.2 Å². The molecule has 2 aliphatic rings. The Morgan fingerprint density at radius 2 is 2.05 bits per heavy atom. The number of nitrogens with one attached hydrogen (secondary N) is 1. The highest BCUT2D eigenvalue weighted by molar-refractivity contribution is 5.32. The lowest BCUT2D eigenvalue weighted by molar-refractivity contribution is 0.244. The van der Waals surface area contributed by atoms with E-state index < -0.39 is 0 Å². The SMILES string of the molecule is CC1(C)CCCN(CC2CNCc3ccccc32)CC1. The van der Waals surface area contributed by atoms with Crippen LogP contribution < -0.4 is 5.32 Å². The predicted octanol–water partition coefficient (Wildman–Crippen LogP) is 3.39. The van der Waals surface area contributed by atoms with Crippen molar-refractivity contribution in [3.63, 3.8) is 0 Å². The van der Waals surface area contributed by atoms with Gasteiger partial charge in [0.15, 0.2) is 0 Å². The van der Waals surface area contributed by atoms with Crippen molar-refractivity contribution >= 4 is 0 Å². The standard InChI is InChI=1S/C18H28N2/c1-18(2)8-5-10-20(11-9-18)14-16-13-19-12-15-6-3-4-7-17(15)16/h3-4,6-7,16,19H,5,8-14H2,1-2H3. The van der Waals surface area contributed by atoms with Crippen LogP contribution in [-0.4, -0.2) is 31.1 Å². The molecule has 20 heavy (non-hydrogen) atoms. The number of hydrogen-bond acceptors (Lipinski definition) is 2. The third-order valence-corrected chi connectivity index (χ3v) is 5.11. The Morgan fingerprint density at radius 1 is 1.20 bits per heavy atom. The van der Waals surface area contributed by atoms with E-state index in [2.05, 4.69) is 48.3 Å². The van der Waals surface area contributed by atoms with Gasteiger partial charge in [-0.3, -0.25) is 0 Å². The maximum Gasteiger partial charge on any atom is 0.0208 e. The normalized spacial score (nSPS) is 26.8. The molecule has 1 fully saturated rings. The summed E-state index contributed by atoms with van der Waals surface area (Å²) < 4.78 is 0. The van der Waals surface area contributed by atoms with Gasteiger partial charge in [-0.1, -0.05) is 38.1 Å². The van der Waals surface area contributed by atoms with E-state index in [0.717, 1.165) is 13.1 Å². The topological polar surface area (TPSA) is 15.3 Å². The minimum atomic E-state index is 0.539. The molecule has 0 aromatic heterocycles. The molecule has 110 valence electrons.